The Morgan fingerprint density at radius 2 is 2.08 bits per heavy atom. The Hall–Kier alpha value is -1.42. The number of nitrogens with zero attached hydrogens (tertiary/aromatic N) is 5. The summed E-state index contributed by atoms with van der Waals surface area (Å²) in [5.41, 5.74) is -0.154. The van der Waals surface area contributed by atoms with Crippen molar-refractivity contribution in [3.05, 3.63) is 17.5 Å². The molecule has 0 saturated carbocycles. The first-order valence-corrected chi connectivity index (χ1v) is 10.5. The lowest BCUT2D eigenvalue weighted by Crippen LogP contribution is -2.13. The maximum absolute atomic E-state index is 11.6. The molecule has 3 rings (SSSR count). The predicted molar refractivity (Wildman–Crippen MR) is 89.6 cm³/mol. The smallest absolute Gasteiger partial charge is 0.237 e. The van der Waals surface area contributed by atoms with E-state index in [4.69, 9.17) is 4.52 Å². The quantitative estimate of drug-likeness (QED) is 0.748. The molecule has 3 heterocycles. The molecule has 0 spiro atoms. The maximum atomic E-state index is 11.6. The van der Waals surface area contributed by atoms with E-state index >= 15 is 0 Å². The van der Waals surface area contributed by atoms with Gasteiger partial charge in [-0.3, -0.25) is 0 Å². The van der Waals surface area contributed by atoms with Gasteiger partial charge in [0.25, 0.3) is 0 Å². The summed E-state index contributed by atoms with van der Waals surface area (Å²) in [6.07, 6.45) is 0.609. The zero-order valence-corrected chi connectivity index (χ0v) is 15.8. The average Bonchev–Trinajstić information content (AvgIpc) is 3.15. The molecule has 0 radical (unpaired) electrons. The minimum absolute atomic E-state index is 0.0715. The second-order valence-corrected chi connectivity index (χ2v) is 10.2. The van der Waals surface area contributed by atoms with Crippen LogP contribution in [0.3, 0.4) is 0 Å². The van der Waals surface area contributed by atoms with Gasteiger partial charge < -0.3 is 9.09 Å². The third kappa shape index (κ3) is 3.64. The minimum Gasteiger partial charge on any atom is -0.338 e. The van der Waals surface area contributed by atoms with Crippen LogP contribution in [0, 0.1) is 0 Å². The van der Waals surface area contributed by atoms with E-state index in [2.05, 4.69) is 20.3 Å². The molecule has 0 aromatic carbocycles. The van der Waals surface area contributed by atoms with Crippen molar-refractivity contribution in [3.8, 4) is 0 Å². The summed E-state index contributed by atoms with van der Waals surface area (Å²) in [7, 11) is -1.08. The Bertz CT molecular complexity index is 835. The molecule has 1 aliphatic heterocycles. The molecule has 0 bridgehead atoms. The minimum atomic E-state index is -2.94. The fraction of sp³-hybridized carbons (Fsp3) is 0.714. The van der Waals surface area contributed by atoms with E-state index in [0.717, 1.165) is 5.82 Å². The van der Waals surface area contributed by atoms with Gasteiger partial charge in [-0.2, -0.15) is 4.98 Å². The average molecular weight is 371 g/mol. The summed E-state index contributed by atoms with van der Waals surface area (Å²) < 4.78 is 30.4. The van der Waals surface area contributed by atoms with Gasteiger partial charge in [0.05, 0.1) is 17.3 Å². The SMILES string of the molecule is Cn1c(SCc2nc(C(C)(C)C)no2)nnc1[C@H]1CCS(=O)(=O)C1. The fourth-order valence-electron chi connectivity index (χ4n) is 2.55. The summed E-state index contributed by atoms with van der Waals surface area (Å²) in [4.78, 5) is 4.39. The summed E-state index contributed by atoms with van der Waals surface area (Å²) in [6.45, 7) is 6.08. The van der Waals surface area contributed by atoms with Crippen LogP contribution in [0.15, 0.2) is 9.68 Å². The van der Waals surface area contributed by atoms with Crippen molar-refractivity contribution in [2.75, 3.05) is 11.5 Å². The lowest BCUT2D eigenvalue weighted by atomic mass is 9.96. The van der Waals surface area contributed by atoms with Crippen LogP contribution in [0.25, 0.3) is 0 Å². The molecule has 8 nitrogen and oxygen atoms in total. The lowest BCUT2D eigenvalue weighted by Gasteiger charge is -2.10. The molecule has 132 valence electrons. The number of aromatic nitrogens is 5. The summed E-state index contributed by atoms with van der Waals surface area (Å²) in [5, 5.41) is 13.1. The normalized spacial score (nSPS) is 20.6. The van der Waals surface area contributed by atoms with Crippen LogP contribution in [-0.2, 0) is 28.1 Å². The molecular weight excluding hydrogens is 350 g/mol. The van der Waals surface area contributed by atoms with Gasteiger partial charge in [0.15, 0.2) is 20.8 Å². The zero-order valence-electron chi connectivity index (χ0n) is 14.2. The Labute approximate surface area is 145 Å². The van der Waals surface area contributed by atoms with Crippen LogP contribution in [0.5, 0.6) is 0 Å². The summed E-state index contributed by atoms with van der Waals surface area (Å²) >= 11 is 1.45. The summed E-state index contributed by atoms with van der Waals surface area (Å²) in [5.74, 6) is 2.74. The van der Waals surface area contributed by atoms with Gasteiger partial charge in [-0.15, -0.1) is 10.2 Å². The van der Waals surface area contributed by atoms with Gasteiger partial charge in [0.1, 0.15) is 5.82 Å². The third-order valence-corrected chi connectivity index (χ3v) is 6.70. The van der Waals surface area contributed by atoms with Gasteiger partial charge in [0, 0.05) is 18.4 Å². The molecule has 0 amide bonds. The lowest BCUT2D eigenvalue weighted by molar-refractivity contribution is 0.372. The van der Waals surface area contributed by atoms with Crippen molar-refractivity contribution in [3.63, 3.8) is 0 Å². The van der Waals surface area contributed by atoms with Gasteiger partial charge in [0.2, 0.25) is 5.89 Å². The van der Waals surface area contributed by atoms with Crippen LogP contribution in [0.4, 0.5) is 0 Å². The molecule has 1 atom stereocenters. The van der Waals surface area contributed by atoms with E-state index in [1.54, 1.807) is 0 Å². The molecule has 1 saturated heterocycles. The molecular formula is C14H21N5O3S2. The van der Waals surface area contributed by atoms with E-state index in [-0.39, 0.29) is 22.8 Å². The highest BCUT2D eigenvalue weighted by atomic mass is 32.2. The van der Waals surface area contributed by atoms with E-state index in [0.29, 0.717) is 29.0 Å². The van der Waals surface area contributed by atoms with Crippen LogP contribution >= 0.6 is 11.8 Å². The molecule has 1 aliphatic rings. The molecule has 0 unspecified atom stereocenters. The van der Waals surface area contributed by atoms with Crippen LogP contribution in [0.2, 0.25) is 0 Å². The molecule has 2 aromatic heterocycles. The van der Waals surface area contributed by atoms with Crippen LogP contribution in [0.1, 0.15) is 50.6 Å². The van der Waals surface area contributed by atoms with Crippen molar-refractivity contribution in [1.29, 1.82) is 0 Å². The van der Waals surface area contributed by atoms with Crippen molar-refractivity contribution >= 4 is 21.6 Å². The Kier molecular flexibility index (Phi) is 4.45. The first-order valence-electron chi connectivity index (χ1n) is 7.71. The van der Waals surface area contributed by atoms with Gasteiger partial charge in [-0.25, -0.2) is 8.42 Å². The third-order valence-electron chi connectivity index (χ3n) is 3.93. The second kappa shape index (κ2) is 6.14. The zero-order chi connectivity index (χ0) is 17.5. The van der Waals surface area contributed by atoms with Crippen molar-refractivity contribution in [1.82, 2.24) is 24.9 Å². The number of thioether (sulfide) groups is 1. The first kappa shape index (κ1) is 17.4. The van der Waals surface area contributed by atoms with E-state index in [1.165, 1.54) is 11.8 Å². The largest absolute Gasteiger partial charge is 0.338 e. The number of hydrogen-bond acceptors (Lipinski definition) is 8. The van der Waals surface area contributed by atoms with Gasteiger partial charge in [-0.1, -0.05) is 37.7 Å². The van der Waals surface area contributed by atoms with Crippen LogP contribution in [-0.4, -0.2) is 44.8 Å². The predicted octanol–water partition coefficient (Wildman–Crippen LogP) is 1.69. The molecule has 10 heteroatoms. The fourth-order valence-corrected chi connectivity index (χ4v) is 5.05. The van der Waals surface area contributed by atoms with E-state index < -0.39 is 9.84 Å². The van der Waals surface area contributed by atoms with Crippen molar-refractivity contribution in [2.45, 2.75) is 49.4 Å². The maximum Gasteiger partial charge on any atom is 0.237 e. The van der Waals surface area contributed by atoms with Crippen molar-refractivity contribution in [2.24, 2.45) is 7.05 Å². The topological polar surface area (TPSA) is 104 Å². The van der Waals surface area contributed by atoms with Crippen molar-refractivity contribution < 1.29 is 12.9 Å². The Morgan fingerprint density at radius 1 is 1.33 bits per heavy atom. The van der Waals surface area contributed by atoms with Crippen LogP contribution < -0.4 is 0 Å². The van der Waals surface area contributed by atoms with E-state index in [1.807, 2.05) is 32.4 Å². The highest BCUT2D eigenvalue weighted by Gasteiger charge is 2.32. The number of rotatable bonds is 4. The van der Waals surface area contributed by atoms with Gasteiger partial charge in [-0.05, 0) is 6.42 Å². The Morgan fingerprint density at radius 3 is 2.67 bits per heavy atom. The summed E-state index contributed by atoms with van der Waals surface area (Å²) in [6, 6.07) is 0. The first-order chi connectivity index (χ1) is 11.2. The Balaban J connectivity index is 1.68. The highest BCUT2D eigenvalue weighted by Crippen LogP contribution is 2.30. The monoisotopic (exact) mass is 371 g/mol. The molecule has 2 aromatic rings. The number of sulfone groups is 1. The molecule has 0 aliphatic carbocycles. The second-order valence-electron chi connectivity index (χ2n) is 7.05. The highest BCUT2D eigenvalue weighted by molar-refractivity contribution is 7.98. The molecule has 24 heavy (non-hydrogen) atoms. The van der Waals surface area contributed by atoms with E-state index in [9.17, 15) is 8.42 Å². The molecule has 1 fully saturated rings. The standard InChI is InChI=1S/C14H21N5O3S2/c1-14(2,3)12-15-10(22-18-12)7-23-13-17-16-11(19(13)4)9-5-6-24(20,21)8-9/h9H,5-8H2,1-4H3/t9-/m0/s1. The number of hydrogen-bond donors (Lipinski definition) is 0. The molecule has 0 N–H and O–H groups in total. The van der Waals surface area contributed by atoms with Gasteiger partial charge >= 0.3 is 0 Å².